The number of rotatable bonds is 6. The van der Waals surface area contributed by atoms with Crippen LogP contribution in [0, 0.1) is 0 Å². The highest BCUT2D eigenvalue weighted by Crippen LogP contribution is 2.06. The SMILES string of the molecule is CCC([O][Al]([CH3])[CH3])N(CC)CC. The lowest BCUT2D eigenvalue weighted by Gasteiger charge is -2.30. The molecule has 0 N–H and O–H groups in total. The van der Waals surface area contributed by atoms with Crippen LogP contribution in [0.3, 0.4) is 0 Å². The first kappa shape index (κ1) is 12.5. The van der Waals surface area contributed by atoms with Crippen LogP contribution in [0.2, 0.25) is 11.6 Å². The summed E-state index contributed by atoms with van der Waals surface area (Å²) in [5, 5.41) is 0. The summed E-state index contributed by atoms with van der Waals surface area (Å²) in [4.78, 5) is 2.38. The van der Waals surface area contributed by atoms with E-state index in [4.69, 9.17) is 3.79 Å². The highest BCUT2D eigenvalue weighted by atomic mass is 27.2. The minimum absolute atomic E-state index is 0.367. The Hall–Kier alpha value is 0.452. The fraction of sp³-hybridized carbons (Fsp3) is 1.00. The van der Waals surface area contributed by atoms with Gasteiger partial charge in [-0.2, -0.15) is 0 Å². The van der Waals surface area contributed by atoms with Crippen LogP contribution >= 0.6 is 0 Å². The highest BCUT2D eigenvalue weighted by Gasteiger charge is 2.16. The van der Waals surface area contributed by atoms with Gasteiger partial charge in [-0.15, -0.1) is 0 Å². The molecule has 0 aromatic heterocycles. The summed E-state index contributed by atoms with van der Waals surface area (Å²) in [6, 6.07) is 0. The Labute approximate surface area is 81.6 Å². The topological polar surface area (TPSA) is 12.5 Å². The zero-order valence-electron chi connectivity index (χ0n) is 9.13. The lowest BCUT2D eigenvalue weighted by molar-refractivity contribution is 0.0288. The Bertz CT molecular complexity index is 105. The summed E-state index contributed by atoms with van der Waals surface area (Å²) >= 11 is -0.872. The van der Waals surface area contributed by atoms with Crippen molar-refractivity contribution in [3.8, 4) is 0 Å². The van der Waals surface area contributed by atoms with Crippen LogP contribution < -0.4 is 0 Å². The summed E-state index contributed by atoms with van der Waals surface area (Å²) < 4.78 is 5.91. The van der Waals surface area contributed by atoms with Crippen LogP contribution in [0.4, 0.5) is 0 Å². The molecule has 3 heteroatoms. The van der Waals surface area contributed by atoms with E-state index in [1.807, 2.05) is 0 Å². The molecule has 1 unspecified atom stereocenters. The summed E-state index contributed by atoms with van der Waals surface area (Å²) in [6.07, 6.45) is 1.47. The van der Waals surface area contributed by atoms with Crippen molar-refractivity contribution in [3.05, 3.63) is 0 Å². The molecular weight excluding hydrogens is 165 g/mol. The Morgan fingerprint density at radius 3 is 1.92 bits per heavy atom. The molecule has 0 aliphatic carbocycles. The second-order valence-corrected chi connectivity index (χ2v) is 5.64. The van der Waals surface area contributed by atoms with Crippen molar-refractivity contribution < 1.29 is 3.79 Å². The standard InChI is InChI=1S/C7H16NO.2CH3.Al/c1-4-7(9)8(5-2)6-3;;;/h7H,4-6H2,1-3H3;2*1H3;/q-1;;;+1. The molecule has 12 heavy (non-hydrogen) atoms. The van der Waals surface area contributed by atoms with E-state index in [0.29, 0.717) is 6.23 Å². The number of hydrogen-bond acceptors (Lipinski definition) is 2. The molecule has 0 aromatic carbocycles. The summed E-state index contributed by atoms with van der Waals surface area (Å²) in [5.74, 6) is 4.46. The second-order valence-electron chi connectivity index (χ2n) is 3.27. The Morgan fingerprint density at radius 2 is 1.67 bits per heavy atom. The average molecular weight is 187 g/mol. The van der Waals surface area contributed by atoms with Crippen LogP contribution in [0.25, 0.3) is 0 Å². The van der Waals surface area contributed by atoms with Crippen molar-refractivity contribution in [2.45, 2.75) is 45.0 Å². The fourth-order valence-corrected chi connectivity index (χ4v) is 2.38. The van der Waals surface area contributed by atoms with Gasteiger partial charge in [0.25, 0.3) is 0 Å². The molecule has 1 atom stereocenters. The van der Waals surface area contributed by atoms with E-state index >= 15 is 0 Å². The molecule has 0 spiro atoms. The molecule has 0 amide bonds. The molecule has 0 bridgehead atoms. The fourth-order valence-electron chi connectivity index (χ4n) is 1.39. The van der Waals surface area contributed by atoms with Gasteiger partial charge in [-0.05, 0) is 19.5 Å². The molecule has 0 heterocycles. The lowest BCUT2D eigenvalue weighted by Crippen LogP contribution is -2.39. The van der Waals surface area contributed by atoms with Crippen molar-refractivity contribution in [2.75, 3.05) is 13.1 Å². The molecule has 0 aliphatic heterocycles. The van der Waals surface area contributed by atoms with Gasteiger partial charge in [-0.3, -0.25) is 4.90 Å². The maximum absolute atomic E-state index is 5.91. The van der Waals surface area contributed by atoms with E-state index < -0.39 is 14.5 Å². The maximum atomic E-state index is 5.91. The second kappa shape index (κ2) is 6.91. The van der Waals surface area contributed by atoms with Gasteiger partial charge in [0.2, 0.25) is 0 Å². The van der Waals surface area contributed by atoms with E-state index in [1.165, 1.54) is 0 Å². The molecule has 0 aromatic rings. The van der Waals surface area contributed by atoms with E-state index in [0.717, 1.165) is 19.5 Å². The quantitative estimate of drug-likeness (QED) is 0.467. The van der Waals surface area contributed by atoms with Gasteiger partial charge in [-0.25, -0.2) is 0 Å². The van der Waals surface area contributed by atoms with Crippen LogP contribution in [-0.4, -0.2) is 38.7 Å². The third-order valence-electron chi connectivity index (χ3n) is 2.00. The Kier molecular flexibility index (Phi) is 7.17. The minimum atomic E-state index is -0.872. The summed E-state index contributed by atoms with van der Waals surface area (Å²) in [6.45, 7) is 8.76. The van der Waals surface area contributed by atoms with Gasteiger partial charge >= 0.3 is 14.5 Å². The molecule has 0 saturated heterocycles. The molecule has 0 aliphatic rings. The van der Waals surface area contributed by atoms with Crippen LogP contribution in [0.5, 0.6) is 0 Å². The lowest BCUT2D eigenvalue weighted by atomic mass is 10.3. The zero-order valence-corrected chi connectivity index (χ0v) is 10.3. The third-order valence-corrected chi connectivity index (χ3v) is 2.86. The zero-order chi connectivity index (χ0) is 9.56. The van der Waals surface area contributed by atoms with Crippen LogP contribution in [0.15, 0.2) is 0 Å². The predicted molar refractivity (Wildman–Crippen MR) is 55.6 cm³/mol. The number of nitrogens with zero attached hydrogens (tertiary/aromatic N) is 1. The van der Waals surface area contributed by atoms with Crippen LogP contribution in [0.1, 0.15) is 27.2 Å². The molecule has 0 radical (unpaired) electrons. The van der Waals surface area contributed by atoms with Gasteiger partial charge in [-0.1, -0.05) is 32.3 Å². The highest BCUT2D eigenvalue weighted by molar-refractivity contribution is 6.48. The van der Waals surface area contributed by atoms with Gasteiger partial charge in [0.05, 0.1) is 6.23 Å². The molecule has 72 valence electrons. The van der Waals surface area contributed by atoms with Crippen molar-refractivity contribution in [1.82, 2.24) is 4.90 Å². The first-order valence-electron chi connectivity index (χ1n) is 5.05. The molecule has 0 rings (SSSR count). The van der Waals surface area contributed by atoms with Gasteiger partial charge < -0.3 is 3.79 Å². The number of hydrogen-bond donors (Lipinski definition) is 0. The van der Waals surface area contributed by atoms with Gasteiger partial charge in [0.1, 0.15) is 0 Å². The largest absolute Gasteiger partial charge is 0.487 e. The van der Waals surface area contributed by atoms with Crippen molar-refractivity contribution in [2.24, 2.45) is 0 Å². The van der Waals surface area contributed by atoms with Gasteiger partial charge in [0.15, 0.2) is 0 Å². The average Bonchev–Trinajstić information content (AvgIpc) is 2.04. The van der Waals surface area contributed by atoms with Crippen molar-refractivity contribution in [3.63, 3.8) is 0 Å². The van der Waals surface area contributed by atoms with Crippen LogP contribution in [-0.2, 0) is 3.79 Å². The third kappa shape index (κ3) is 4.47. The van der Waals surface area contributed by atoms with E-state index in [1.54, 1.807) is 0 Å². The smallest absolute Gasteiger partial charge is 0.455 e. The predicted octanol–water partition coefficient (Wildman–Crippen LogP) is 2.33. The van der Waals surface area contributed by atoms with Crippen molar-refractivity contribution in [1.29, 1.82) is 0 Å². The normalized spacial score (nSPS) is 13.5. The Morgan fingerprint density at radius 1 is 1.17 bits per heavy atom. The molecule has 2 nitrogen and oxygen atoms in total. The first-order valence-corrected chi connectivity index (χ1v) is 7.83. The molecular formula is C9H22AlNO. The monoisotopic (exact) mass is 187 g/mol. The first-order chi connectivity index (χ1) is 5.65. The molecule has 0 fully saturated rings. The van der Waals surface area contributed by atoms with E-state index in [-0.39, 0.29) is 0 Å². The minimum Gasteiger partial charge on any atom is -0.487 e. The van der Waals surface area contributed by atoms with E-state index in [9.17, 15) is 0 Å². The van der Waals surface area contributed by atoms with Gasteiger partial charge in [0, 0.05) is 0 Å². The van der Waals surface area contributed by atoms with E-state index in [2.05, 4.69) is 37.2 Å². The Balaban J connectivity index is 3.92. The summed E-state index contributed by atoms with van der Waals surface area (Å²) in [7, 11) is 0. The molecule has 0 saturated carbocycles. The maximum Gasteiger partial charge on any atom is 0.455 e. The summed E-state index contributed by atoms with van der Waals surface area (Å²) in [5.41, 5.74) is 0. The van der Waals surface area contributed by atoms with Crippen molar-refractivity contribution >= 4 is 14.5 Å².